The maximum Gasteiger partial charge on any atom is 0.138 e. The molecule has 1 aliphatic rings. The Kier molecular flexibility index (Phi) is 5.44. The van der Waals surface area contributed by atoms with E-state index in [0.29, 0.717) is 0 Å². The topological polar surface area (TPSA) is 12.4 Å². The van der Waals surface area contributed by atoms with Gasteiger partial charge in [0.2, 0.25) is 0 Å². The SMILES string of the molecule is c1ccc(C2=NC(c3ccccc3)(c3ccccc3)C(c3ccccc3)=C2c2ccccc2)cc1. The van der Waals surface area contributed by atoms with Gasteiger partial charge < -0.3 is 0 Å². The van der Waals surface area contributed by atoms with E-state index in [1.807, 2.05) is 0 Å². The lowest BCUT2D eigenvalue weighted by molar-refractivity contribution is 0.719. The van der Waals surface area contributed by atoms with E-state index in [2.05, 4.69) is 152 Å². The van der Waals surface area contributed by atoms with Gasteiger partial charge in [-0.1, -0.05) is 152 Å². The Morgan fingerprint density at radius 3 is 1.20 bits per heavy atom. The highest BCUT2D eigenvalue weighted by molar-refractivity contribution is 6.40. The van der Waals surface area contributed by atoms with Crippen LogP contribution in [0, 0.1) is 0 Å². The van der Waals surface area contributed by atoms with Crippen molar-refractivity contribution in [2.24, 2.45) is 4.99 Å². The summed E-state index contributed by atoms with van der Waals surface area (Å²) in [6.45, 7) is 0. The van der Waals surface area contributed by atoms with Gasteiger partial charge in [0.05, 0.1) is 5.71 Å². The fourth-order valence-electron chi connectivity index (χ4n) is 5.17. The van der Waals surface area contributed by atoms with E-state index in [1.165, 1.54) is 22.3 Å². The number of hydrogen-bond acceptors (Lipinski definition) is 1. The van der Waals surface area contributed by atoms with E-state index in [0.717, 1.165) is 22.4 Å². The molecule has 1 aliphatic heterocycles. The average molecular weight is 448 g/mol. The largest absolute Gasteiger partial charge is 0.263 e. The number of allylic oxidation sites excluding steroid dienone is 1. The van der Waals surface area contributed by atoms with E-state index in [-0.39, 0.29) is 0 Å². The molecule has 0 amide bonds. The van der Waals surface area contributed by atoms with E-state index in [4.69, 9.17) is 4.99 Å². The van der Waals surface area contributed by atoms with Crippen molar-refractivity contribution >= 4 is 16.9 Å². The predicted molar refractivity (Wildman–Crippen MR) is 146 cm³/mol. The fraction of sp³-hybridized carbons (Fsp3) is 0.0294. The zero-order valence-corrected chi connectivity index (χ0v) is 19.4. The van der Waals surface area contributed by atoms with E-state index >= 15 is 0 Å². The average Bonchev–Trinajstić information content (AvgIpc) is 3.33. The third-order valence-electron chi connectivity index (χ3n) is 6.68. The number of aliphatic imine (C=N–C) groups is 1. The van der Waals surface area contributed by atoms with Crippen molar-refractivity contribution in [1.29, 1.82) is 0 Å². The van der Waals surface area contributed by atoms with Crippen LogP contribution in [0.25, 0.3) is 11.1 Å². The molecule has 0 fully saturated rings. The van der Waals surface area contributed by atoms with Crippen LogP contribution in [0.3, 0.4) is 0 Å². The molecule has 5 aromatic carbocycles. The Hall–Kier alpha value is -4.49. The Morgan fingerprint density at radius 1 is 0.371 bits per heavy atom. The second-order valence-electron chi connectivity index (χ2n) is 8.75. The summed E-state index contributed by atoms with van der Waals surface area (Å²) in [5.41, 5.74) is 8.50. The number of rotatable bonds is 5. The first kappa shape index (κ1) is 21.1. The minimum absolute atomic E-state index is 0.680. The van der Waals surface area contributed by atoms with Gasteiger partial charge >= 0.3 is 0 Å². The first-order valence-corrected chi connectivity index (χ1v) is 12.0. The molecule has 1 heteroatoms. The molecule has 1 heterocycles. The molecule has 0 unspecified atom stereocenters. The third-order valence-corrected chi connectivity index (χ3v) is 6.68. The smallest absolute Gasteiger partial charge is 0.138 e. The molecule has 5 aromatic rings. The molecule has 0 N–H and O–H groups in total. The van der Waals surface area contributed by atoms with Crippen LogP contribution in [0.2, 0.25) is 0 Å². The summed E-state index contributed by atoms with van der Waals surface area (Å²) in [7, 11) is 0. The van der Waals surface area contributed by atoms with Gasteiger partial charge in [-0.25, -0.2) is 0 Å². The minimum atomic E-state index is -0.680. The molecule has 0 saturated heterocycles. The molecule has 0 atom stereocenters. The summed E-state index contributed by atoms with van der Waals surface area (Å²) in [6, 6.07) is 53.4. The third kappa shape index (κ3) is 3.62. The summed E-state index contributed by atoms with van der Waals surface area (Å²) in [5.74, 6) is 0. The molecule has 0 saturated carbocycles. The number of nitrogens with zero attached hydrogens (tertiary/aromatic N) is 1. The fourth-order valence-corrected chi connectivity index (χ4v) is 5.17. The van der Waals surface area contributed by atoms with Gasteiger partial charge in [-0.3, -0.25) is 4.99 Å². The summed E-state index contributed by atoms with van der Waals surface area (Å²) in [6.07, 6.45) is 0. The van der Waals surface area contributed by atoms with Crippen molar-refractivity contribution in [2.75, 3.05) is 0 Å². The van der Waals surface area contributed by atoms with Crippen molar-refractivity contribution in [3.8, 4) is 0 Å². The zero-order chi connectivity index (χ0) is 23.5. The van der Waals surface area contributed by atoms with Crippen LogP contribution >= 0.6 is 0 Å². The minimum Gasteiger partial charge on any atom is -0.263 e. The molecular formula is C34H25N. The van der Waals surface area contributed by atoms with E-state index in [9.17, 15) is 0 Å². The Balaban J connectivity index is 1.80. The van der Waals surface area contributed by atoms with Crippen molar-refractivity contribution < 1.29 is 0 Å². The summed E-state index contributed by atoms with van der Waals surface area (Å²) in [5, 5.41) is 0. The van der Waals surface area contributed by atoms with Crippen molar-refractivity contribution in [1.82, 2.24) is 0 Å². The lowest BCUT2D eigenvalue weighted by atomic mass is 9.73. The molecule has 0 radical (unpaired) electrons. The lowest BCUT2D eigenvalue weighted by Crippen LogP contribution is -2.25. The van der Waals surface area contributed by atoms with Crippen molar-refractivity contribution in [2.45, 2.75) is 5.54 Å². The van der Waals surface area contributed by atoms with E-state index in [1.54, 1.807) is 0 Å². The van der Waals surface area contributed by atoms with Crippen molar-refractivity contribution in [3.05, 3.63) is 179 Å². The first-order chi connectivity index (χ1) is 17.4. The van der Waals surface area contributed by atoms with Gasteiger partial charge in [0.1, 0.15) is 5.54 Å². The Bertz CT molecular complexity index is 1440. The van der Waals surface area contributed by atoms with Crippen LogP contribution in [-0.4, -0.2) is 5.71 Å². The quantitative estimate of drug-likeness (QED) is 0.258. The van der Waals surface area contributed by atoms with Crippen LogP contribution in [0.1, 0.15) is 27.8 Å². The Morgan fingerprint density at radius 2 is 0.743 bits per heavy atom. The van der Waals surface area contributed by atoms with Crippen LogP contribution < -0.4 is 0 Å². The molecular weight excluding hydrogens is 422 g/mol. The van der Waals surface area contributed by atoms with E-state index < -0.39 is 5.54 Å². The summed E-state index contributed by atoms with van der Waals surface area (Å²) in [4.78, 5) is 5.69. The number of benzene rings is 5. The second-order valence-corrected chi connectivity index (χ2v) is 8.75. The highest BCUT2D eigenvalue weighted by Crippen LogP contribution is 2.53. The van der Waals surface area contributed by atoms with Crippen molar-refractivity contribution in [3.63, 3.8) is 0 Å². The highest BCUT2D eigenvalue weighted by atomic mass is 14.9. The second kappa shape index (κ2) is 9.04. The normalized spacial score (nSPS) is 14.6. The van der Waals surface area contributed by atoms with Gasteiger partial charge in [-0.05, 0) is 22.3 Å². The molecule has 6 rings (SSSR count). The van der Waals surface area contributed by atoms with Crippen LogP contribution in [0.15, 0.2) is 157 Å². The standard InChI is InChI=1S/C34H25N/c1-6-16-26(17-7-1)31-32(27-18-8-2-9-19-27)34(29-22-12-4-13-23-29,30-24-14-5-15-25-30)35-33(31)28-20-10-3-11-21-28/h1-25H. The maximum absolute atomic E-state index is 5.69. The lowest BCUT2D eigenvalue weighted by Gasteiger charge is -2.32. The van der Waals surface area contributed by atoms with Gasteiger partial charge in [0, 0.05) is 16.7 Å². The first-order valence-electron chi connectivity index (χ1n) is 12.0. The van der Waals surface area contributed by atoms with Crippen LogP contribution in [0.4, 0.5) is 0 Å². The molecule has 166 valence electrons. The Labute approximate surface area is 206 Å². The summed E-state index contributed by atoms with van der Waals surface area (Å²) < 4.78 is 0. The zero-order valence-electron chi connectivity index (χ0n) is 19.4. The summed E-state index contributed by atoms with van der Waals surface area (Å²) >= 11 is 0. The predicted octanol–water partition coefficient (Wildman–Crippen LogP) is 8.04. The van der Waals surface area contributed by atoms with Crippen LogP contribution in [0.5, 0.6) is 0 Å². The molecule has 0 aromatic heterocycles. The number of hydrogen-bond donors (Lipinski definition) is 0. The molecule has 1 nitrogen and oxygen atoms in total. The van der Waals surface area contributed by atoms with Crippen LogP contribution in [-0.2, 0) is 5.54 Å². The molecule has 35 heavy (non-hydrogen) atoms. The maximum atomic E-state index is 5.69. The highest BCUT2D eigenvalue weighted by Gasteiger charge is 2.46. The van der Waals surface area contributed by atoms with Gasteiger partial charge in [-0.15, -0.1) is 0 Å². The monoisotopic (exact) mass is 447 g/mol. The van der Waals surface area contributed by atoms with Gasteiger partial charge in [-0.2, -0.15) is 0 Å². The molecule has 0 bridgehead atoms. The molecule has 0 spiro atoms. The van der Waals surface area contributed by atoms with Gasteiger partial charge in [0.15, 0.2) is 0 Å². The van der Waals surface area contributed by atoms with Gasteiger partial charge in [0.25, 0.3) is 0 Å². The molecule has 0 aliphatic carbocycles.